The molecule has 0 saturated heterocycles. The lowest BCUT2D eigenvalue weighted by Gasteiger charge is -2.10. The van der Waals surface area contributed by atoms with Crippen LogP contribution in [0.15, 0.2) is 24.0 Å². The van der Waals surface area contributed by atoms with E-state index in [1.54, 1.807) is 4.90 Å². The first-order valence-electron chi connectivity index (χ1n) is 7.83. The molecule has 1 atom stereocenters. The second-order valence-electron chi connectivity index (χ2n) is 5.51. The summed E-state index contributed by atoms with van der Waals surface area (Å²) < 4.78 is 58.9. The van der Waals surface area contributed by atoms with Gasteiger partial charge in [0.1, 0.15) is 5.70 Å². The lowest BCUT2D eigenvalue weighted by Crippen LogP contribution is -3.04. The van der Waals surface area contributed by atoms with E-state index in [4.69, 9.17) is 13.0 Å². The topological polar surface area (TPSA) is 61.6 Å². The number of nitrogens with one attached hydrogen (secondary N) is 1. The molecule has 0 saturated carbocycles. The highest BCUT2D eigenvalue weighted by atomic mass is 32.2. The standard InChI is InChI=1S/C14H25N.CHF3O3S/c1-3-4-5-6-7-8-9-12-15-13-10-11-14(15)2;2-1(3,4)8(5,6)7/h10-11,13H,3-9,12H2,1-2H3;(H,5,6,7). The zero-order valence-electron chi connectivity index (χ0n) is 13.7. The molecular formula is C15H26F3NO3S. The molecule has 4 nitrogen and oxygen atoms in total. The van der Waals surface area contributed by atoms with Crippen LogP contribution < -0.4 is 4.90 Å². The summed E-state index contributed by atoms with van der Waals surface area (Å²) in [5.41, 5.74) is -4.17. The van der Waals surface area contributed by atoms with Gasteiger partial charge in [0, 0.05) is 6.92 Å². The van der Waals surface area contributed by atoms with E-state index in [-0.39, 0.29) is 0 Å². The van der Waals surface area contributed by atoms with Crippen molar-refractivity contribution in [1.29, 1.82) is 0 Å². The van der Waals surface area contributed by atoms with Crippen LogP contribution in [0, 0.1) is 0 Å². The Morgan fingerprint density at radius 1 is 1.09 bits per heavy atom. The minimum absolute atomic E-state index is 1.28. The van der Waals surface area contributed by atoms with Crippen molar-refractivity contribution in [1.82, 2.24) is 0 Å². The normalized spacial score (nSPS) is 17.7. The third-order valence-electron chi connectivity index (χ3n) is 3.48. The molecule has 0 aromatic carbocycles. The van der Waals surface area contributed by atoms with E-state index >= 15 is 0 Å². The first kappa shape index (κ1) is 22.1. The quantitative estimate of drug-likeness (QED) is 0.412. The molecule has 1 aliphatic rings. The number of halogens is 3. The van der Waals surface area contributed by atoms with Crippen LogP contribution in [0.25, 0.3) is 0 Å². The van der Waals surface area contributed by atoms with E-state index in [1.807, 2.05) is 0 Å². The molecule has 1 heterocycles. The van der Waals surface area contributed by atoms with Crippen molar-refractivity contribution in [2.75, 3.05) is 6.54 Å². The third-order valence-corrected chi connectivity index (χ3v) is 4.05. The van der Waals surface area contributed by atoms with Crippen molar-refractivity contribution in [2.24, 2.45) is 0 Å². The smallest absolute Gasteiger partial charge is 0.485 e. The van der Waals surface area contributed by atoms with Gasteiger partial charge in [-0.2, -0.15) is 13.2 Å². The summed E-state index contributed by atoms with van der Waals surface area (Å²) >= 11 is 0. The number of rotatable bonds is 8. The molecule has 0 amide bonds. The van der Waals surface area contributed by atoms with Crippen molar-refractivity contribution in [2.45, 2.75) is 64.3 Å². The summed E-state index contributed by atoms with van der Waals surface area (Å²) in [5.74, 6) is 0. The van der Waals surface area contributed by atoms with Gasteiger partial charge in [-0.25, -0.2) is 8.42 Å². The number of unbranched alkanes of at least 4 members (excludes halogenated alkanes) is 6. The summed E-state index contributed by atoms with van der Waals surface area (Å²) in [6.07, 6.45) is 16.5. The summed E-state index contributed by atoms with van der Waals surface area (Å²) in [6.45, 7) is 5.78. The van der Waals surface area contributed by atoms with E-state index in [9.17, 15) is 13.2 Å². The summed E-state index contributed by atoms with van der Waals surface area (Å²) in [6, 6.07) is 0. The van der Waals surface area contributed by atoms with Gasteiger partial charge in [0.05, 0.1) is 12.7 Å². The highest BCUT2D eigenvalue weighted by Gasteiger charge is 2.36. The fraction of sp³-hybridized carbons (Fsp3) is 0.733. The van der Waals surface area contributed by atoms with Crippen LogP contribution in [0.4, 0.5) is 13.2 Å². The predicted molar refractivity (Wildman–Crippen MR) is 82.5 cm³/mol. The van der Waals surface area contributed by atoms with Gasteiger partial charge in [-0.3, -0.25) is 4.90 Å². The van der Waals surface area contributed by atoms with Gasteiger partial charge >= 0.3 is 5.51 Å². The average Bonchev–Trinajstić information content (AvgIpc) is 2.82. The van der Waals surface area contributed by atoms with Gasteiger partial charge in [-0.15, -0.1) is 0 Å². The van der Waals surface area contributed by atoms with Gasteiger partial charge in [0.25, 0.3) is 0 Å². The van der Waals surface area contributed by atoms with Gasteiger partial charge < -0.3 is 4.55 Å². The molecule has 1 rings (SSSR count). The molecule has 0 aromatic heterocycles. The monoisotopic (exact) mass is 357 g/mol. The van der Waals surface area contributed by atoms with Crippen molar-refractivity contribution in [3.8, 4) is 0 Å². The maximum Gasteiger partial charge on any atom is 0.485 e. The van der Waals surface area contributed by atoms with Crippen LogP contribution in [-0.4, -0.2) is 25.0 Å². The molecule has 0 spiro atoms. The first-order valence-corrected chi connectivity index (χ1v) is 9.23. The molecule has 23 heavy (non-hydrogen) atoms. The first-order chi connectivity index (χ1) is 10.6. The molecule has 0 bridgehead atoms. The summed E-state index contributed by atoms with van der Waals surface area (Å²) in [5, 5.41) is 0. The number of alkyl halides is 3. The number of hydrogen-bond donors (Lipinski definition) is 1. The van der Waals surface area contributed by atoms with Crippen molar-refractivity contribution in [3.63, 3.8) is 0 Å². The van der Waals surface area contributed by atoms with Gasteiger partial charge in [0.2, 0.25) is 0 Å². The molecule has 8 heteroatoms. The SMILES string of the molecule is CCCCCCCCC[NH+]1C=CC=C1C.O=S(=O)([O-])C(F)(F)F. The highest BCUT2D eigenvalue weighted by Crippen LogP contribution is 2.20. The Morgan fingerprint density at radius 3 is 1.96 bits per heavy atom. The van der Waals surface area contributed by atoms with Crippen LogP contribution >= 0.6 is 0 Å². The fourth-order valence-corrected chi connectivity index (χ4v) is 2.10. The average molecular weight is 357 g/mol. The maximum absolute atomic E-state index is 10.7. The Bertz CT molecular complexity index is 485. The predicted octanol–water partition coefficient (Wildman–Crippen LogP) is 3.10. The van der Waals surface area contributed by atoms with Crippen LogP contribution in [-0.2, 0) is 10.1 Å². The minimum Gasteiger partial charge on any atom is -0.741 e. The Hall–Kier alpha value is -0.860. The maximum atomic E-state index is 10.7. The highest BCUT2D eigenvalue weighted by molar-refractivity contribution is 7.86. The molecule has 136 valence electrons. The van der Waals surface area contributed by atoms with Crippen molar-refractivity contribution >= 4 is 10.1 Å². The van der Waals surface area contributed by atoms with Gasteiger partial charge in [-0.1, -0.05) is 39.0 Å². The molecule has 0 fully saturated rings. The Labute approximate surface area is 136 Å². The molecule has 0 radical (unpaired) electrons. The lowest BCUT2D eigenvalue weighted by atomic mass is 10.1. The van der Waals surface area contributed by atoms with E-state index in [2.05, 4.69) is 32.2 Å². The van der Waals surface area contributed by atoms with Crippen LogP contribution in [0.2, 0.25) is 0 Å². The van der Waals surface area contributed by atoms with Gasteiger partial charge in [-0.05, 0) is 25.0 Å². The minimum atomic E-state index is -6.09. The molecule has 1 unspecified atom stereocenters. The van der Waals surface area contributed by atoms with E-state index < -0.39 is 15.6 Å². The van der Waals surface area contributed by atoms with Gasteiger partial charge in [0.15, 0.2) is 10.1 Å². The zero-order chi connectivity index (χ0) is 17.9. The number of hydrogen-bond acceptors (Lipinski definition) is 3. The van der Waals surface area contributed by atoms with Crippen LogP contribution in [0.1, 0.15) is 58.8 Å². The lowest BCUT2D eigenvalue weighted by molar-refractivity contribution is -0.802. The molecular weight excluding hydrogens is 331 g/mol. The second kappa shape index (κ2) is 10.8. The fourth-order valence-electron chi connectivity index (χ4n) is 2.10. The third kappa shape index (κ3) is 10.5. The zero-order valence-corrected chi connectivity index (χ0v) is 14.5. The molecule has 1 N–H and O–H groups in total. The molecule has 1 aliphatic heterocycles. The van der Waals surface area contributed by atoms with Crippen molar-refractivity contribution < 1.29 is 31.0 Å². The number of allylic oxidation sites excluding steroid dienone is 3. The Kier molecular flexibility index (Phi) is 10.4. The summed E-state index contributed by atoms with van der Waals surface area (Å²) in [7, 11) is -6.09. The van der Waals surface area contributed by atoms with E-state index in [1.165, 1.54) is 57.2 Å². The van der Waals surface area contributed by atoms with E-state index in [0.717, 1.165) is 0 Å². The molecule has 0 aliphatic carbocycles. The number of quaternary nitrogens is 1. The summed E-state index contributed by atoms with van der Waals surface area (Å²) in [4.78, 5) is 1.56. The Balaban J connectivity index is 0.000000515. The van der Waals surface area contributed by atoms with Crippen LogP contribution in [0.3, 0.4) is 0 Å². The second-order valence-corrected chi connectivity index (χ2v) is 6.88. The van der Waals surface area contributed by atoms with Crippen LogP contribution in [0.5, 0.6) is 0 Å². The molecule has 0 aromatic rings. The Morgan fingerprint density at radius 2 is 1.57 bits per heavy atom. The van der Waals surface area contributed by atoms with E-state index in [0.29, 0.717) is 0 Å². The van der Waals surface area contributed by atoms with Crippen molar-refractivity contribution in [3.05, 3.63) is 24.0 Å². The largest absolute Gasteiger partial charge is 0.741 e.